The zero-order chi connectivity index (χ0) is 12.0. The molecular weight excluding hydrogens is 222 g/mol. The van der Waals surface area contributed by atoms with Crippen molar-refractivity contribution in [3.8, 4) is 0 Å². The first-order chi connectivity index (χ1) is 7.63. The van der Waals surface area contributed by atoms with Gasteiger partial charge in [-0.05, 0) is 26.0 Å². The van der Waals surface area contributed by atoms with Gasteiger partial charge in [-0.3, -0.25) is 4.98 Å². The number of aromatic nitrogens is 1. The summed E-state index contributed by atoms with van der Waals surface area (Å²) in [5.74, 6) is 0. The van der Waals surface area contributed by atoms with Crippen molar-refractivity contribution in [3.63, 3.8) is 0 Å². The zero-order valence-corrected chi connectivity index (χ0v) is 10.4. The molecular formula is C11H17N3OS. The van der Waals surface area contributed by atoms with Crippen LogP contribution in [0.25, 0.3) is 0 Å². The summed E-state index contributed by atoms with van der Waals surface area (Å²) in [7, 11) is 0. The van der Waals surface area contributed by atoms with Crippen LogP contribution in [0.5, 0.6) is 0 Å². The molecule has 4 nitrogen and oxygen atoms in total. The molecule has 1 aromatic heterocycles. The van der Waals surface area contributed by atoms with Gasteiger partial charge in [0, 0.05) is 25.0 Å². The average molecular weight is 239 g/mol. The molecule has 0 saturated carbocycles. The van der Waals surface area contributed by atoms with Crippen LogP contribution in [-0.4, -0.2) is 29.2 Å². The van der Waals surface area contributed by atoms with Crippen molar-refractivity contribution in [3.05, 3.63) is 24.0 Å². The van der Waals surface area contributed by atoms with E-state index in [0.29, 0.717) is 10.7 Å². The molecule has 1 atom stereocenters. The molecule has 0 fully saturated rings. The largest absolute Gasteiger partial charge is 0.388 e. The summed E-state index contributed by atoms with van der Waals surface area (Å²) < 4.78 is 5.41. The van der Waals surface area contributed by atoms with Gasteiger partial charge in [-0.1, -0.05) is 12.2 Å². The first-order valence-electron chi connectivity index (χ1n) is 5.24. The second-order valence-electron chi connectivity index (χ2n) is 3.44. The van der Waals surface area contributed by atoms with Gasteiger partial charge >= 0.3 is 0 Å². The van der Waals surface area contributed by atoms with Gasteiger partial charge in [-0.25, -0.2) is 0 Å². The van der Waals surface area contributed by atoms with Crippen LogP contribution < -0.4 is 11.1 Å². The van der Waals surface area contributed by atoms with E-state index < -0.39 is 0 Å². The van der Waals surface area contributed by atoms with Crippen LogP contribution in [0.15, 0.2) is 18.3 Å². The van der Waals surface area contributed by atoms with Crippen molar-refractivity contribution in [2.45, 2.75) is 20.0 Å². The monoisotopic (exact) mass is 239 g/mol. The van der Waals surface area contributed by atoms with E-state index in [0.717, 1.165) is 18.8 Å². The maximum Gasteiger partial charge on any atom is 0.122 e. The molecule has 1 rings (SSSR count). The van der Waals surface area contributed by atoms with Gasteiger partial charge in [-0.15, -0.1) is 0 Å². The quantitative estimate of drug-likeness (QED) is 0.738. The molecule has 5 heteroatoms. The van der Waals surface area contributed by atoms with E-state index in [1.54, 1.807) is 6.20 Å². The van der Waals surface area contributed by atoms with Gasteiger partial charge in [0.1, 0.15) is 4.99 Å². The number of hydrogen-bond acceptors (Lipinski definition) is 4. The SMILES string of the molecule is CCOC(C)CNc1ccnc(C(N)=S)c1. The summed E-state index contributed by atoms with van der Waals surface area (Å²) in [6.45, 7) is 5.46. The number of pyridine rings is 1. The Kier molecular flexibility index (Phi) is 5.14. The lowest BCUT2D eigenvalue weighted by Crippen LogP contribution is -2.20. The van der Waals surface area contributed by atoms with Crippen molar-refractivity contribution in [1.29, 1.82) is 0 Å². The third kappa shape index (κ3) is 4.12. The molecule has 0 aromatic carbocycles. The maximum atomic E-state index is 5.50. The summed E-state index contributed by atoms with van der Waals surface area (Å²) in [5, 5.41) is 3.24. The standard InChI is InChI=1S/C11H17N3OS/c1-3-15-8(2)7-14-9-4-5-13-10(6-9)11(12)16/h4-6,8H,3,7H2,1-2H3,(H2,12,16)(H,13,14). The molecule has 0 bridgehead atoms. The molecule has 0 amide bonds. The molecule has 1 aromatic rings. The molecule has 1 heterocycles. The highest BCUT2D eigenvalue weighted by molar-refractivity contribution is 7.80. The number of nitrogens with one attached hydrogen (secondary N) is 1. The third-order valence-electron chi connectivity index (χ3n) is 2.06. The summed E-state index contributed by atoms with van der Waals surface area (Å²) in [6, 6.07) is 3.71. The average Bonchev–Trinajstić information content (AvgIpc) is 2.27. The van der Waals surface area contributed by atoms with E-state index >= 15 is 0 Å². The lowest BCUT2D eigenvalue weighted by atomic mass is 10.3. The minimum atomic E-state index is 0.173. The maximum absolute atomic E-state index is 5.50. The lowest BCUT2D eigenvalue weighted by molar-refractivity contribution is 0.0855. The van der Waals surface area contributed by atoms with Crippen LogP contribution in [0.4, 0.5) is 5.69 Å². The summed E-state index contributed by atoms with van der Waals surface area (Å²) >= 11 is 4.86. The molecule has 0 aliphatic heterocycles. The minimum Gasteiger partial charge on any atom is -0.388 e. The highest BCUT2D eigenvalue weighted by atomic mass is 32.1. The second-order valence-corrected chi connectivity index (χ2v) is 3.88. The molecule has 0 saturated heterocycles. The van der Waals surface area contributed by atoms with E-state index in [1.165, 1.54) is 0 Å². The van der Waals surface area contributed by atoms with Crippen molar-refractivity contribution < 1.29 is 4.74 Å². The first kappa shape index (κ1) is 12.9. The Morgan fingerprint density at radius 2 is 2.44 bits per heavy atom. The predicted molar refractivity (Wildman–Crippen MR) is 69.7 cm³/mol. The smallest absolute Gasteiger partial charge is 0.122 e. The van der Waals surface area contributed by atoms with Crippen LogP contribution in [0.2, 0.25) is 0 Å². The normalized spacial score (nSPS) is 12.1. The second kappa shape index (κ2) is 6.40. The molecule has 1 unspecified atom stereocenters. The van der Waals surface area contributed by atoms with Gasteiger partial charge in [0.2, 0.25) is 0 Å². The highest BCUT2D eigenvalue weighted by Crippen LogP contribution is 2.08. The van der Waals surface area contributed by atoms with Crippen molar-refractivity contribution >= 4 is 22.9 Å². The summed E-state index contributed by atoms with van der Waals surface area (Å²) in [6.07, 6.45) is 1.86. The Morgan fingerprint density at radius 3 is 3.06 bits per heavy atom. The number of nitrogens with two attached hydrogens (primary N) is 1. The number of nitrogens with zero attached hydrogens (tertiary/aromatic N) is 1. The topological polar surface area (TPSA) is 60.2 Å². The van der Waals surface area contributed by atoms with Crippen LogP contribution in [-0.2, 0) is 4.74 Å². The molecule has 16 heavy (non-hydrogen) atoms. The first-order valence-corrected chi connectivity index (χ1v) is 5.65. The highest BCUT2D eigenvalue weighted by Gasteiger charge is 2.02. The van der Waals surface area contributed by atoms with E-state index in [-0.39, 0.29) is 6.10 Å². The number of anilines is 1. The number of hydrogen-bond donors (Lipinski definition) is 2. The molecule has 0 spiro atoms. The lowest BCUT2D eigenvalue weighted by Gasteiger charge is -2.13. The van der Waals surface area contributed by atoms with Crippen molar-refractivity contribution in [2.75, 3.05) is 18.5 Å². The Bertz CT molecular complexity index is 357. The van der Waals surface area contributed by atoms with Gasteiger partial charge in [0.05, 0.1) is 11.8 Å². The van der Waals surface area contributed by atoms with Crippen LogP contribution in [0.3, 0.4) is 0 Å². The molecule has 3 N–H and O–H groups in total. The van der Waals surface area contributed by atoms with E-state index in [2.05, 4.69) is 10.3 Å². The molecule has 88 valence electrons. The van der Waals surface area contributed by atoms with Gasteiger partial charge in [-0.2, -0.15) is 0 Å². The fourth-order valence-electron chi connectivity index (χ4n) is 1.28. The number of ether oxygens (including phenoxy) is 1. The van der Waals surface area contributed by atoms with Crippen LogP contribution in [0, 0.1) is 0 Å². The Labute approximate surface area is 101 Å². The third-order valence-corrected chi connectivity index (χ3v) is 2.27. The van der Waals surface area contributed by atoms with E-state index in [1.807, 2.05) is 26.0 Å². The van der Waals surface area contributed by atoms with Crippen molar-refractivity contribution in [1.82, 2.24) is 4.98 Å². The fourth-order valence-corrected chi connectivity index (χ4v) is 1.39. The van der Waals surface area contributed by atoms with Gasteiger partial charge in [0.25, 0.3) is 0 Å². The van der Waals surface area contributed by atoms with E-state index in [9.17, 15) is 0 Å². The predicted octanol–water partition coefficient (Wildman–Crippen LogP) is 1.55. The Morgan fingerprint density at radius 1 is 1.69 bits per heavy atom. The molecule has 0 aliphatic rings. The Hall–Kier alpha value is -1.20. The molecule has 0 aliphatic carbocycles. The Balaban J connectivity index is 2.54. The van der Waals surface area contributed by atoms with Gasteiger partial charge < -0.3 is 15.8 Å². The van der Waals surface area contributed by atoms with Crippen LogP contribution >= 0.6 is 12.2 Å². The fraction of sp³-hybridized carbons (Fsp3) is 0.455. The van der Waals surface area contributed by atoms with Crippen molar-refractivity contribution in [2.24, 2.45) is 5.73 Å². The van der Waals surface area contributed by atoms with Gasteiger partial charge in [0.15, 0.2) is 0 Å². The zero-order valence-electron chi connectivity index (χ0n) is 9.56. The number of rotatable bonds is 6. The summed E-state index contributed by atoms with van der Waals surface area (Å²) in [4.78, 5) is 4.37. The van der Waals surface area contributed by atoms with Crippen LogP contribution in [0.1, 0.15) is 19.5 Å². The minimum absolute atomic E-state index is 0.173. The number of thiocarbonyl (C=S) groups is 1. The van der Waals surface area contributed by atoms with E-state index in [4.69, 9.17) is 22.7 Å². The molecule has 0 radical (unpaired) electrons. The summed E-state index contributed by atoms with van der Waals surface area (Å²) in [5.41, 5.74) is 7.08.